The lowest BCUT2D eigenvalue weighted by atomic mass is 9.88. The molecule has 0 saturated carbocycles. The number of hydrogen-bond acceptors (Lipinski definition) is 5. The molecule has 162 valence electrons. The first-order valence-electron chi connectivity index (χ1n) is 10.6. The maximum atomic E-state index is 12.9. The summed E-state index contributed by atoms with van der Waals surface area (Å²) in [5, 5.41) is 6.45. The van der Waals surface area contributed by atoms with Gasteiger partial charge in [-0.2, -0.15) is 0 Å². The summed E-state index contributed by atoms with van der Waals surface area (Å²) in [4.78, 5) is 38.0. The van der Waals surface area contributed by atoms with Crippen LogP contribution in [0.4, 0.5) is 5.00 Å². The van der Waals surface area contributed by atoms with Crippen LogP contribution in [0.3, 0.4) is 0 Å². The molecule has 7 heteroatoms. The first-order valence-corrected chi connectivity index (χ1v) is 11.4. The largest absolute Gasteiger partial charge is 0.464 e. The zero-order valence-electron chi connectivity index (χ0n) is 18.2. The molecule has 2 rings (SSSR count). The molecule has 2 N–H and O–H groups in total. The first kappa shape index (κ1) is 23.4. The molecule has 2 amide bonds. The minimum absolute atomic E-state index is 0.0664. The summed E-state index contributed by atoms with van der Waals surface area (Å²) >= 11 is 1.52. The summed E-state index contributed by atoms with van der Waals surface area (Å²) in [6.45, 7) is 10.5. The van der Waals surface area contributed by atoms with Crippen LogP contribution in [0.2, 0.25) is 0 Å². The van der Waals surface area contributed by atoms with Gasteiger partial charge in [0.1, 0.15) is 11.6 Å². The Labute approximate surface area is 177 Å². The molecule has 1 atom stereocenters. The van der Waals surface area contributed by atoms with Crippen LogP contribution in [0, 0.1) is 17.8 Å². The topological polar surface area (TPSA) is 84.5 Å². The maximum absolute atomic E-state index is 12.9. The Hall–Kier alpha value is -1.89. The van der Waals surface area contributed by atoms with Gasteiger partial charge in [0.05, 0.1) is 12.1 Å². The van der Waals surface area contributed by atoms with Gasteiger partial charge in [0.15, 0.2) is 0 Å². The summed E-state index contributed by atoms with van der Waals surface area (Å²) < 4.78 is 5.17. The minimum Gasteiger partial charge on any atom is -0.464 e. The average molecular weight is 423 g/mol. The summed E-state index contributed by atoms with van der Waals surface area (Å²) in [6, 6.07) is 0. The molecule has 1 aliphatic carbocycles. The number of carbonyl (C=O) groups excluding carboxylic acids is 3. The van der Waals surface area contributed by atoms with E-state index in [0.717, 1.165) is 24.8 Å². The number of ether oxygens (including phenoxy) is 1. The fourth-order valence-corrected chi connectivity index (χ4v) is 4.86. The van der Waals surface area contributed by atoms with Crippen molar-refractivity contribution >= 4 is 34.1 Å². The highest BCUT2D eigenvalue weighted by molar-refractivity contribution is 7.17. The van der Waals surface area contributed by atoms with Gasteiger partial charge in [0.25, 0.3) is 5.91 Å². The summed E-state index contributed by atoms with van der Waals surface area (Å²) in [5.41, 5.74) is 1.64. The van der Waals surface area contributed by atoms with Crippen LogP contribution in [0.1, 0.15) is 74.7 Å². The van der Waals surface area contributed by atoms with Crippen LogP contribution < -0.4 is 10.6 Å². The monoisotopic (exact) mass is 422 g/mol. The van der Waals surface area contributed by atoms with Crippen molar-refractivity contribution in [3.8, 4) is 0 Å². The van der Waals surface area contributed by atoms with Crippen molar-refractivity contribution in [2.45, 2.75) is 66.7 Å². The van der Waals surface area contributed by atoms with E-state index in [-0.39, 0.29) is 42.8 Å². The van der Waals surface area contributed by atoms with Crippen LogP contribution in [-0.4, -0.2) is 30.9 Å². The van der Waals surface area contributed by atoms with Gasteiger partial charge in [-0.3, -0.25) is 14.4 Å². The van der Waals surface area contributed by atoms with Crippen molar-refractivity contribution in [2.75, 3.05) is 18.5 Å². The van der Waals surface area contributed by atoms with Crippen molar-refractivity contribution < 1.29 is 19.1 Å². The molecule has 0 aromatic carbocycles. The van der Waals surface area contributed by atoms with E-state index < -0.39 is 0 Å². The van der Waals surface area contributed by atoms with Gasteiger partial charge in [0, 0.05) is 17.7 Å². The third-order valence-corrected chi connectivity index (χ3v) is 5.98. The summed E-state index contributed by atoms with van der Waals surface area (Å²) in [5.74, 6) is 0.547. The van der Waals surface area contributed by atoms with Crippen molar-refractivity contribution in [1.82, 2.24) is 5.32 Å². The molecule has 0 spiro atoms. The van der Waals surface area contributed by atoms with E-state index in [9.17, 15) is 14.4 Å². The minimum atomic E-state index is -0.252. The number of esters is 1. The number of carbonyl (C=O) groups is 3. The molecule has 1 heterocycles. The maximum Gasteiger partial charge on any atom is 0.306 e. The molecule has 1 unspecified atom stereocenters. The fourth-order valence-electron chi connectivity index (χ4n) is 3.44. The Morgan fingerprint density at radius 2 is 1.83 bits per heavy atom. The molecule has 0 aliphatic heterocycles. The summed E-state index contributed by atoms with van der Waals surface area (Å²) in [6.07, 6.45) is 3.62. The molecule has 29 heavy (non-hydrogen) atoms. The molecule has 0 fully saturated rings. The van der Waals surface area contributed by atoms with Crippen molar-refractivity contribution in [3.63, 3.8) is 0 Å². The zero-order valence-corrected chi connectivity index (χ0v) is 19.0. The Balaban J connectivity index is 2.05. The zero-order chi connectivity index (χ0) is 21.6. The third-order valence-electron chi connectivity index (χ3n) is 4.81. The Morgan fingerprint density at radius 3 is 2.48 bits per heavy atom. The number of fused-ring (bicyclic) bond motifs is 1. The second-order valence-electron chi connectivity index (χ2n) is 8.78. The standard InChI is InChI=1S/C22H34N2O4S/c1-13(2)10-18(25)24-22-20(16-7-6-15(5)12-17(16)29-22)21(27)23-8-9-28-19(26)11-14(3)4/h13-15H,6-12H2,1-5H3,(H,23,27)(H,24,25). The molecule has 0 radical (unpaired) electrons. The van der Waals surface area contributed by atoms with E-state index in [4.69, 9.17) is 4.74 Å². The predicted molar refractivity (Wildman–Crippen MR) is 116 cm³/mol. The van der Waals surface area contributed by atoms with E-state index in [1.165, 1.54) is 16.2 Å². The van der Waals surface area contributed by atoms with E-state index in [0.29, 0.717) is 29.3 Å². The lowest BCUT2D eigenvalue weighted by Crippen LogP contribution is -2.30. The second kappa shape index (κ2) is 10.8. The third kappa shape index (κ3) is 7.14. The molecule has 0 bridgehead atoms. The lowest BCUT2D eigenvalue weighted by Gasteiger charge is -2.18. The van der Waals surface area contributed by atoms with Crippen LogP contribution in [0.5, 0.6) is 0 Å². The Bertz CT molecular complexity index is 739. The molecular formula is C22H34N2O4S. The molecule has 0 saturated heterocycles. The predicted octanol–water partition coefficient (Wildman–Crippen LogP) is 4.18. The number of nitrogens with one attached hydrogen (secondary N) is 2. The Morgan fingerprint density at radius 1 is 1.14 bits per heavy atom. The van der Waals surface area contributed by atoms with E-state index in [1.54, 1.807) is 0 Å². The van der Waals surface area contributed by atoms with Gasteiger partial charge in [-0.1, -0.05) is 34.6 Å². The lowest BCUT2D eigenvalue weighted by molar-refractivity contribution is -0.144. The van der Waals surface area contributed by atoms with Crippen LogP contribution >= 0.6 is 11.3 Å². The number of amides is 2. The quantitative estimate of drug-likeness (QED) is 0.462. The number of anilines is 1. The van der Waals surface area contributed by atoms with E-state index in [2.05, 4.69) is 17.6 Å². The first-order chi connectivity index (χ1) is 13.7. The van der Waals surface area contributed by atoms with Gasteiger partial charge < -0.3 is 15.4 Å². The van der Waals surface area contributed by atoms with Gasteiger partial charge in [0.2, 0.25) is 5.91 Å². The molecule has 1 aromatic heterocycles. The van der Waals surface area contributed by atoms with E-state index >= 15 is 0 Å². The highest BCUT2D eigenvalue weighted by Gasteiger charge is 2.28. The SMILES string of the molecule is CC(C)CC(=O)Nc1sc2c(c1C(=O)NCCOC(=O)CC(C)C)CCC(C)C2. The average Bonchev–Trinajstić information content (AvgIpc) is 2.93. The number of thiophene rings is 1. The highest BCUT2D eigenvalue weighted by atomic mass is 32.1. The van der Waals surface area contributed by atoms with E-state index in [1.807, 2.05) is 27.7 Å². The van der Waals surface area contributed by atoms with Crippen LogP contribution in [0.25, 0.3) is 0 Å². The molecule has 1 aliphatic rings. The van der Waals surface area contributed by atoms with Crippen LogP contribution in [-0.2, 0) is 27.2 Å². The Kier molecular flexibility index (Phi) is 8.68. The second-order valence-corrected chi connectivity index (χ2v) is 9.88. The molecule has 1 aromatic rings. The van der Waals surface area contributed by atoms with Gasteiger partial charge in [-0.05, 0) is 42.6 Å². The number of rotatable bonds is 9. The van der Waals surface area contributed by atoms with Crippen molar-refractivity contribution in [2.24, 2.45) is 17.8 Å². The fraction of sp³-hybridized carbons (Fsp3) is 0.682. The summed E-state index contributed by atoms with van der Waals surface area (Å²) in [7, 11) is 0. The van der Waals surface area contributed by atoms with Gasteiger partial charge in [-0.25, -0.2) is 0 Å². The van der Waals surface area contributed by atoms with Crippen molar-refractivity contribution in [1.29, 1.82) is 0 Å². The van der Waals surface area contributed by atoms with Crippen molar-refractivity contribution in [3.05, 3.63) is 16.0 Å². The normalized spacial score (nSPS) is 15.9. The number of hydrogen-bond donors (Lipinski definition) is 2. The smallest absolute Gasteiger partial charge is 0.306 e. The van der Waals surface area contributed by atoms with Gasteiger partial charge >= 0.3 is 5.97 Å². The highest BCUT2D eigenvalue weighted by Crippen LogP contribution is 2.39. The van der Waals surface area contributed by atoms with Gasteiger partial charge in [-0.15, -0.1) is 11.3 Å². The van der Waals surface area contributed by atoms with Crippen LogP contribution in [0.15, 0.2) is 0 Å². The molecule has 6 nitrogen and oxygen atoms in total. The molecular weight excluding hydrogens is 388 g/mol.